The number of urea groups is 1. The monoisotopic (exact) mass is 527 g/mol. The molecule has 2 aromatic carbocycles. The first kappa shape index (κ1) is 26.2. The molecule has 1 aliphatic rings. The number of carbonyl (C=O) groups excluding carboxylic acids is 1. The minimum Gasteiger partial charge on any atom is -0.493 e. The molecule has 0 radical (unpaired) electrons. The molecule has 39 heavy (non-hydrogen) atoms. The van der Waals surface area contributed by atoms with Crippen molar-refractivity contribution in [3.63, 3.8) is 0 Å². The van der Waals surface area contributed by atoms with Crippen LogP contribution in [0.5, 0.6) is 11.5 Å². The third kappa shape index (κ3) is 5.70. The molecule has 0 unspecified atom stereocenters. The smallest absolute Gasteiger partial charge is 0.321 e. The van der Waals surface area contributed by atoms with Crippen LogP contribution in [0.4, 0.5) is 16.3 Å². The van der Waals surface area contributed by atoms with Crippen molar-refractivity contribution in [2.45, 2.75) is 24.8 Å². The van der Waals surface area contributed by atoms with Crippen molar-refractivity contribution in [2.24, 2.45) is 0 Å². The number of pyridine rings is 1. The van der Waals surface area contributed by atoms with Gasteiger partial charge in [-0.05, 0) is 36.6 Å². The predicted molar refractivity (Wildman–Crippen MR) is 151 cm³/mol. The van der Waals surface area contributed by atoms with Crippen LogP contribution in [-0.4, -0.2) is 59.7 Å². The first-order valence-corrected chi connectivity index (χ1v) is 12.9. The van der Waals surface area contributed by atoms with E-state index in [4.69, 9.17) is 20.2 Å². The number of nitrogen functional groups attached to an aromatic ring is 1. The summed E-state index contributed by atoms with van der Waals surface area (Å²) in [6, 6.07) is 17.6. The van der Waals surface area contributed by atoms with E-state index < -0.39 is 0 Å². The Kier molecular flexibility index (Phi) is 7.74. The second-order valence-corrected chi connectivity index (χ2v) is 9.66. The number of ether oxygens (including phenoxy) is 2. The molecular weight excluding hydrogens is 494 g/mol. The Labute approximate surface area is 227 Å². The van der Waals surface area contributed by atoms with Gasteiger partial charge in [0.15, 0.2) is 11.5 Å². The Bertz CT molecular complexity index is 1430. The zero-order chi connectivity index (χ0) is 27.2. The quantitative estimate of drug-likeness (QED) is 0.314. The van der Waals surface area contributed by atoms with E-state index in [2.05, 4.69) is 44.9 Å². The lowest BCUT2D eigenvalue weighted by molar-refractivity contribution is 0.165. The van der Waals surface area contributed by atoms with Crippen molar-refractivity contribution < 1.29 is 14.3 Å². The molecule has 0 atom stereocenters. The fourth-order valence-corrected chi connectivity index (χ4v) is 5.16. The van der Waals surface area contributed by atoms with E-state index in [0.29, 0.717) is 65.9 Å². The van der Waals surface area contributed by atoms with Gasteiger partial charge in [0.25, 0.3) is 0 Å². The molecule has 0 aliphatic carbocycles. The Morgan fingerprint density at radius 1 is 1.03 bits per heavy atom. The molecule has 5 rings (SSSR count). The van der Waals surface area contributed by atoms with Gasteiger partial charge in [-0.25, -0.2) is 14.8 Å². The highest BCUT2D eigenvalue weighted by atomic mass is 16.5. The molecule has 4 aromatic rings. The maximum atomic E-state index is 12.9. The summed E-state index contributed by atoms with van der Waals surface area (Å²) < 4.78 is 10.8. The molecule has 0 saturated carbocycles. The number of carbonyl (C=O) groups is 1. The predicted octanol–water partition coefficient (Wildman–Crippen LogP) is 3.98. The number of anilines is 2. The van der Waals surface area contributed by atoms with Gasteiger partial charge in [-0.3, -0.25) is 4.98 Å². The van der Waals surface area contributed by atoms with Crippen LogP contribution in [0.3, 0.4) is 0 Å². The normalized spacial score (nSPS) is 14.7. The van der Waals surface area contributed by atoms with Gasteiger partial charge < -0.3 is 30.7 Å². The lowest BCUT2D eigenvalue weighted by Gasteiger charge is -2.42. The number of nitrogens with zero attached hydrogens (tertiary/aromatic N) is 4. The zero-order valence-corrected chi connectivity index (χ0v) is 22.2. The van der Waals surface area contributed by atoms with E-state index >= 15 is 0 Å². The molecule has 1 fully saturated rings. The second-order valence-electron chi connectivity index (χ2n) is 9.66. The van der Waals surface area contributed by atoms with Crippen LogP contribution in [0.2, 0.25) is 0 Å². The Hall–Kier alpha value is -4.44. The van der Waals surface area contributed by atoms with Crippen LogP contribution in [0.1, 0.15) is 24.2 Å². The van der Waals surface area contributed by atoms with Crippen LogP contribution in [-0.2, 0) is 12.0 Å². The fraction of sp³-hybridized carbons (Fsp3) is 0.310. The number of rotatable bonds is 8. The van der Waals surface area contributed by atoms with Crippen molar-refractivity contribution in [2.75, 3.05) is 44.9 Å². The average molecular weight is 528 g/mol. The topological polar surface area (TPSA) is 128 Å². The summed E-state index contributed by atoms with van der Waals surface area (Å²) in [5.74, 6) is 2.16. The molecule has 10 nitrogen and oxygen atoms in total. The Balaban J connectivity index is 1.29. The van der Waals surface area contributed by atoms with Crippen molar-refractivity contribution >= 4 is 28.4 Å². The number of fused-ring (bicyclic) bond motifs is 1. The number of amides is 2. The number of likely N-dealkylation sites (tertiary alicyclic amines) is 1. The number of benzene rings is 2. The second kappa shape index (κ2) is 11.5. The molecule has 202 valence electrons. The van der Waals surface area contributed by atoms with Crippen LogP contribution >= 0.6 is 0 Å². The van der Waals surface area contributed by atoms with Gasteiger partial charge in [0.05, 0.1) is 38.2 Å². The minimum atomic E-state index is -0.134. The first-order chi connectivity index (χ1) is 19.0. The summed E-state index contributed by atoms with van der Waals surface area (Å²) in [4.78, 5) is 28.0. The summed E-state index contributed by atoms with van der Waals surface area (Å²) in [7, 11) is 3.17. The van der Waals surface area contributed by atoms with Crippen LogP contribution in [0.15, 0.2) is 67.0 Å². The summed E-state index contributed by atoms with van der Waals surface area (Å²) in [5, 5.41) is 7.23. The van der Waals surface area contributed by atoms with Gasteiger partial charge in [-0.1, -0.05) is 30.3 Å². The summed E-state index contributed by atoms with van der Waals surface area (Å²) in [6.45, 7) is 2.45. The van der Waals surface area contributed by atoms with Crippen molar-refractivity contribution in [3.05, 3.63) is 78.4 Å². The molecule has 1 aliphatic heterocycles. The van der Waals surface area contributed by atoms with E-state index in [-0.39, 0.29) is 11.4 Å². The molecule has 0 spiro atoms. The van der Waals surface area contributed by atoms with Gasteiger partial charge in [-0.15, -0.1) is 0 Å². The average Bonchev–Trinajstić information content (AvgIpc) is 2.98. The van der Waals surface area contributed by atoms with Crippen LogP contribution in [0.25, 0.3) is 10.9 Å². The van der Waals surface area contributed by atoms with E-state index in [0.717, 1.165) is 12.8 Å². The van der Waals surface area contributed by atoms with Gasteiger partial charge in [0.2, 0.25) is 0 Å². The van der Waals surface area contributed by atoms with E-state index in [1.165, 1.54) is 5.56 Å². The summed E-state index contributed by atoms with van der Waals surface area (Å²) >= 11 is 0. The van der Waals surface area contributed by atoms with Gasteiger partial charge in [0.1, 0.15) is 11.6 Å². The van der Waals surface area contributed by atoms with Gasteiger partial charge in [0, 0.05) is 42.7 Å². The maximum absolute atomic E-state index is 12.9. The highest BCUT2D eigenvalue weighted by Crippen LogP contribution is 2.36. The highest BCUT2D eigenvalue weighted by molar-refractivity contribution is 5.91. The first-order valence-electron chi connectivity index (χ1n) is 12.9. The number of nitrogens with one attached hydrogen (secondary N) is 2. The van der Waals surface area contributed by atoms with Crippen molar-refractivity contribution in [1.82, 2.24) is 25.2 Å². The Morgan fingerprint density at radius 2 is 1.77 bits per heavy atom. The summed E-state index contributed by atoms with van der Waals surface area (Å²) in [6.07, 6.45) is 4.97. The number of aromatic nitrogens is 3. The third-order valence-corrected chi connectivity index (χ3v) is 7.33. The number of piperidine rings is 1. The maximum Gasteiger partial charge on any atom is 0.321 e. The fourth-order valence-electron chi connectivity index (χ4n) is 5.16. The van der Waals surface area contributed by atoms with E-state index in [1.807, 2.05) is 23.1 Å². The molecule has 2 aromatic heterocycles. The lowest BCUT2D eigenvalue weighted by Crippen LogP contribution is -2.50. The summed E-state index contributed by atoms with van der Waals surface area (Å²) in [5.41, 5.74) is 8.78. The van der Waals surface area contributed by atoms with Crippen molar-refractivity contribution in [1.29, 1.82) is 0 Å². The molecule has 3 heterocycles. The van der Waals surface area contributed by atoms with Gasteiger partial charge >= 0.3 is 6.03 Å². The number of hydrogen-bond donors (Lipinski definition) is 3. The van der Waals surface area contributed by atoms with Crippen LogP contribution in [0, 0.1) is 0 Å². The molecule has 0 bridgehead atoms. The number of nitrogens with two attached hydrogens (primary N) is 1. The van der Waals surface area contributed by atoms with Crippen molar-refractivity contribution in [3.8, 4) is 11.5 Å². The number of methoxy groups -OCH3 is 2. The standard InChI is InChI=1S/C29H33N7O3/c1-38-24-15-22-23(16-25(24)39-2)34-26(35-27(22)30)18-32-19-29(20-7-4-3-5-8-20)10-13-36(14-11-29)28(37)33-21-9-6-12-31-17-21/h3-9,12,15-17,32H,10-11,13-14,18-19H2,1-2H3,(H,33,37)(H2,30,34,35). The zero-order valence-electron chi connectivity index (χ0n) is 22.2. The van der Waals surface area contributed by atoms with E-state index in [9.17, 15) is 4.79 Å². The largest absolute Gasteiger partial charge is 0.493 e. The molecule has 4 N–H and O–H groups in total. The number of hydrogen-bond acceptors (Lipinski definition) is 8. The van der Waals surface area contributed by atoms with Gasteiger partial charge in [-0.2, -0.15) is 0 Å². The third-order valence-electron chi connectivity index (χ3n) is 7.33. The minimum absolute atomic E-state index is 0.107. The van der Waals surface area contributed by atoms with Crippen LogP contribution < -0.4 is 25.8 Å². The molecule has 10 heteroatoms. The highest BCUT2D eigenvalue weighted by Gasteiger charge is 2.37. The Morgan fingerprint density at radius 3 is 2.46 bits per heavy atom. The molecule has 1 saturated heterocycles. The lowest BCUT2D eigenvalue weighted by atomic mass is 9.72. The SMILES string of the molecule is COc1cc2nc(CNCC3(c4ccccc4)CCN(C(=O)Nc4cccnc4)CC3)nc(N)c2cc1OC. The molecule has 2 amide bonds. The van der Waals surface area contributed by atoms with E-state index in [1.54, 1.807) is 38.7 Å². The molecular formula is C29H33N7O3.